The number of amides is 2. The lowest BCUT2D eigenvalue weighted by Gasteiger charge is -2.11. The van der Waals surface area contributed by atoms with Crippen molar-refractivity contribution in [3.8, 4) is 5.75 Å². The van der Waals surface area contributed by atoms with Crippen LogP contribution in [0.25, 0.3) is 0 Å². The zero-order chi connectivity index (χ0) is 28.0. The number of rotatable bonds is 23. The Balaban J connectivity index is 1.86. The molecule has 0 spiro atoms. The first-order chi connectivity index (χ1) is 18.3. The summed E-state index contributed by atoms with van der Waals surface area (Å²) in [4.78, 5) is 45.5. The maximum atomic E-state index is 11.9. The van der Waals surface area contributed by atoms with E-state index < -0.39 is 18.0 Å². The molecule has 0 saturated heterocycles. The van der Waals surface area contributed by atoms with Gasteiger partial charge in [-0.15, -0.1) is 0 Å². The van der Waals surface area contributed by atoms with Crippen LogP contribution in [-0.2, 0) is 14.4 Å². The van der Waals surface area contributed by atoms with Crippen molar-refractivity contribution >= 4 is 23.8 Å². The predicted octanol–water partition coefficient (Wildman–Crippen LogP) is 5.32. The molecule has 1 aromatic carbocycles. The number of hydrogen-bond donors (Lipinski definition) is 4. The van der Waals surface area contributed by atoms with Crippen LogP contribution in [0.15, 0.2) is 24.3 Å². The molecule has 9 nitrogen and oxygen atoms in total. The first kappa shape index (κ1) is 32.9. The van der Waals surface area contributed by atoms with Crippen LogP contribution in [0.4, 0.5) is 0 Å². The van der Waals surface area contributed by atoms with Crippen molar-refractivity contribution in [3.05, 3.63) is 29.8 Å². The Morgan fingerprint density at radius 1 is 0.737 bits per heavy atom. The van der Waals surface area contributed by atoms with Crippen LogP contribution in [-0.4, -0.2) is 53.2 Å². The van der Waals surface area contributed by atoms with Crippen molar-refractivity contribution in [1.82, 2.24) is 10.6 Å². The number of carboxylic acids is 2. The Kier molecular flexibility index (Phi) is 18.1. The fraction of sp³-hybridized carbons (Fsp3) is 0.655. The van der Waals surface area contributed by atoms with E-state index in [-0.39, 0.29) is 17.4 Å². The van der Waals surface area contributed by atoms with Crippen LogP contribution in [0.3, 0.4) is 0 Å². The molecular weight excluding hydrogens is 488 g/mol. The predicted molar refractivity (Wildman–Crippen MR) is 146 cm³/mol. The molecule has 0 aliphatic carbocycles. The number of benzene rings is 1. The summed E-state index contributed by atoms with van der Waals surface area (Å²) in [6, 6.07) is 5.65. The number of aliphatic carboxylic acids is 1. The number of ether oxygens (including phenoxy) is 1. The molecule has 0 aromatic heterocycles. The molecule has 38 heavy (non-hydrogen) atoms. The lowest BCUT2D eigenvalue weighted by molar-refractivity contribution is -0.141. The minimum atomic E-state index is -0.998. The van der Waals surface area contributed by atoms with Gasteiger partial charge >= 0.3 is 11.9 Å². The van der Waals surface area contributed by atoms with Crippen molar-refractivity contribution in [1.29, 1.82) is 0 Å². The SMILES string of the molecule is CC[C@H](NC(=O)CCCCCCCNC(=O)CCCCCCCCCOc1ccc(C(=O)O)cc1)C(=O)O. The van der Waals surface area contributed by atoms with Crippen LogP contribution in [0.5, 0.6) is 5.75 Å². The monoisotopic (exact) mass is 534 g/mol. The fourth-order valence-electron chi connectivity index (χ4n) is 4.02. The van der Waals surface area contributed by atoms with E-state index in [0.29, 0.717) is 38.2 Å². The van der Waals surface area contributed by atoms with Gasteiger partial charge in [0, 0.05) is 19.4 Å². The maximum absolute atomic E-state index is 11.9. The van der Waals surface area contributed by atoms with E-state index in [4.69, 9.17) is 14.9 Å². The molecular formula is C29H46N2O7. The molecule has 0 radical (unpaired) electrons. The molecule has 1 rings (SSSR count). The molecule has 0 bridgehead atoms. The minimum Gasteiger partial charge on any atom is -0.494 e. The van der Waals surface area contributed by atoms with E-state index in [2.05, 4.69) is 10.6 Å². The van der Waals surface area contributed by atoms with E-state index in [9.17, 15) is 19.2 Å². The third-order valence-electron chi connectivity index (χ3n) is 6.36. The van der Waals surface area contributed by atoms with Gasteiger partial charge in [0.05, 0.1) is 12.2 Å². The van der Waals surface area contributed by atoms with E-state index in [1.807, 2.05) is 0 Å². The van der Waals surface area contributed by atoms with Gasteiger partial charge < -0.3 is 25.6 Å². The molecule has 2 amide bonds. The second kappa shape index (κ2) is 20.9. The minimum absolute atomic E-state index is 0.110. The highest BCUT2D eigenvalue weighted by molar-refractivity contribution is 5.87. The number of hydrogen-bond acceptors (Lipinski definition) is 5. The average molecular weight is 535 g/mol. The third-order valence-corrected chi connectivity index (χ3v) is 6.36. The van der Waals surface area contributed by atoms with Gasteiger partial charge in [0.25, 0.3) is 0 Å². The summed E-state index contributed by atoms with van der Waals surface area (Å²) in [7, 11) is 0. The zero-order valence-corrected chi connectivity index (χ0v) is 22.8. The number of carbonyl (C=O) groups excluding carboxylic acids is 2. The molecule has 0 aliphatic rings. The Hall–Kier alpha value is -3.10. The summed E-state index contributed by atoms with van der Waals surface area (Å²) in [6.07, 6.45) is 13.3. The summed E-state index contributed by atoms with van der Waals surface area (Å²) < 4.78 is 5.64. The van der Waals surface area contributed by atoms with Crippen molar-refractivity contribution in [2.24, 2.45) is 0 Å². The molecule has 0 saturated carbocycles. The van der Waals surface area contributed by atoms with Crippen molar-refractivity contribution in [2.45, 2.75) is 109 Å². The van der Waals surface area contributed by atoms with Gasteiger partial charge in [0.2, 0.25) is 11.8 Å². The van der Waals surface area contributed by atoms with E-state index >= 15 is 0 Å². The fourth-order valence-corrected chi connectivity index (χ4v) is 4.02. The van der Waals surface area contributed by atoms with Gasteiger partial charge in [0.1, 0.15) is 11.8 Å². The molecule has 0 heterocycles. The molecule has 214 valence electrons. The largest absolute Gasteiger partial charge is 0.494 e. The van der Waals surface area contributed by atoms with Crippen LogP contribution < -0.4 is 15.4 Å². The average Bonchev–Trinajstić information content (AvgIpc) is 2.89. The van der Waals surface area contributed by atoms with E-state index in [1.54, 1.807) is 31.2 Å². The van der Waals surface area contributed by atoms with E-state index in [0.717, 1.165) is 77.0 Å². The number of unbranched alkanes of at least 4 members (excludes halogenated alkanes) is 10. The molecule has 0 fully saturated rings. The molecule has 0 aliphatic heterocycles. The lowest BCUT2D eigenvalue weighted by Crippen LogP contribution is -2.40. The molecule has 1 aromatic rings. The first-order valence-corrected chi connectivity index (χ1v) is 14.1. The van der Waals surface area contributed by atoms with Gasteiger partial charge in [-0.25, -0.2) is 9.59 Å². The highest BCUT2D eigenvalue weighted by Crippen LogP contribution is 2.14. The van der Waals surface area contributed by atoms with Gasteiger partial charge in [-0.3, -0.25) is 9.59 Å². The van der Waals surface area contributed by atoms with Gasteiger partial charge in [-0.05, 0) is 56.4 Å². The highest BCUT2D eigenvalue weighted by Gasteiger charge is 2.16. The number of aromatic carboxylic acids is 1. The summed E-state index contributed by atoms with van der Waals surface area (Å²) in [6.45, 7) is 3.04. The second-order valence-electron chi connectivity index (χ2n) is 9.64. The molecule has 1 atom stereocenters. The quantitative estimate of drug-likeness (QED) is 0.139. The number of carboxylic acid groups (broad SMARTS) is 2. The Labute approximate surface area is 226 Å². The van der Waals surface area contributed by atoms with Crippen LogP contribution >= 0.6 is 0 Å². The van der Waals surface area contributed by atoms with Gasteiger partial charge in [-0.2, -0.15) is 0 Å². The molecule has 4 N–H and O–H groups in total. The smallest absolute Gasteiger partial charge is 0.335 e. The number of carbonyl (C=O) groups is 4. The van der Waals surface area contributed by atoms with Gasteiger partial charge in [-0.1, -0.05) is 58.3 Å². The standard InChI is InChI=1S/C29H46N2O7/c1-2-25(29(36)37)31-27(33)16-12-8-6-9-13-21-30-26(32)15-11-7-4-3-5-10-14-22-38-24-19-17-23(18-20-24)28(34)35/h17-20,25H,2-16,21-22H2,1H3,(H,30,32)(H,31,33)(H,34,35)(H,36,37)/t25-/m0/s1. The van der Waals surface area contributed by atoms with Gasteiger partial charge in [0.15, 0.2) is 0 Å². The summed E-state index contributed by atoms with van der Waals surface area (Å²) in [5, 5.41) is 23.4. The van der Waals surface area contributed by atoms with E-state index in [1.165, 1.54) is 0 Å². The van der Waals surface area contributed by atoms with Crippen LogP contribution in [0, 0.1) is 0 Å². The van der Waals surface area contributed by atoms with Crippen molar-refractivity contribution in [3.63, 3.8) is 0 Å². The highest BCUT2D eigenvalue weighted by atomic mass is 16.5. The first-order valence-electron chi connectivity index (χ1n) is 14.1. The third kappa shape index (κ3) is 16.6. The Bertz CT molecular complexity index is 827. The van der Waals surface area contributed by atoms with Crippen LogP contribution in [0.2, 0.25) is 0 Å². The number of nitrogens with one attached hydrogen (secondary N) is 2. The lowest BCUT2D eigenvalue weighted by atomic mass is 10.1. The molecule has 9 heteroatoms. The maximum Gasteiger partial charge on any atom is 0.335 e. The van der Waals surface area contributed by atoms with Crippen molar-refractivity contribution < 1.29 is 34.1 Å². The summed E-state index contributed by atoms with van der Waals surface area (Å²) >= 11 is 0. The van der Waals surface area contributed by atoms with Crippen LogP contribution in [0.1, 0.15) is 114 Å². The second-order valence-corrected chi connectivity index (χ2v) is 9.64. The summed E-state index contributed by atoms with van der Waals surface area (Å²) in [5.74, 6) is -1.35. The van der Waals surface area contributed by atoms with Crippen molar-refractivity contribution in [2.75, 3.05) is 13.2 Å². The Morgan fingerprint density at radius 3 is 1.82 bits per heavy atom. The molecule has 0 unspecified atom stereocenters. The topological polar surface area (TPSA) is 142 Å². The normalized spacial score (nSPS) is 11.5. The Morgan fingerprint density at radius 2 is 1.26 bits per heavy atom. The zero-order valence-electron chi connectivity index (χ0n) is 22.8. The summed E-state index contributed by atoms with van der Waals surface area (Å²) in [5.41, 5.74) is 0.254.